The van der Waals surface area contributed by atoms with Crippen LogP contribution in [0.3, 0.4) is 0 Å². The van der Waals surface area contributed by atoms with Gasteiger partial charge in [-0.25, -0.2) is 0 Å². The van der Waals surface area contributed by atoms with Crippen LogP contribution in [-0.2, 0) is 0 Å². The fourth-order valence-electron chi connectivity index (χ4n) is 2.16. The number of carbonyl (C=O) groups excluding carboxylic acids is 1. The molecular formula is C17H20N2O2. The van der Waals surface area contributed by atoms with Gasteiger partial charge in [0.2, 0.25) is 0 Å². The average Bonchev–Trinajstić information content (AvgIpc) is 2.48. The van der Waals surface area contributed by atoms with E-state index in [4.69, 9.17) is 0 Å². The van der Waals surface area contributed by atoms with Crippen molar-refractivity contribution in [1.82, 2.24) is 0 Å². The van der Waals surface area contributed by atoms with Crippen LogP contribution in [0.4, 0.5) is 11.4 Å². The molecule has 0 saturated carbocycles. The van der Waals surface area contributed by atoms with Gasteiger partial charge in [-0.15, -0.1) is 0 Å². The molecule has 0 heterocycles. The molecule has 2 rings (SSSR count). The van der Waals surface area contributed by atoms with E-state index >= 15 is 0 Å². The highest BCUT2D eigenvalue weighted by molar-refractivity contribution is 6.06. The van der Waals surface area contributed by atoms with E-state index in [0.29, 0.717) is 17.8 Å². The van der Waals surface area contributed by atoms with Crippen LogP contribution in [0, 0.1) is 0 Å². The number of rotatable bonds is 4. The maximum atomic E-state index is 12.6. The van der Waals surface area contributed by atoms with E-state index in [0.717, 1.165) is 5.69 Å². The Balaban J connectivity index is 2.28. The lowest BCUT2D eigenvalue weighted by Gasteiger charge is -2.21. The molecule has 4 nitrogen and oxygen atoms in total. The van der Waals surface area contributed by atoms with Crippen molar-refractivity contribution in [3.8, 4) is 5.75 Å². The van der Waals surface area contributed by atoms with Gasteiger partial charge in [0.05, 0.1) is 0 Å². The molecule has 0 aliphatic rings. The molecule has 110 valence electrons. The number of nitrogens with zero attached hydrogens (tertiary/aromatic N) is 2. The number of hydrogen-bond acceptors (Lipinski definition) is 3. The van der Waals surface area contributed by atoms with Crippen LogP contribution < -0.4 is 9.80 Å². The largest absolute Gasteiger partial charge is 0.508 e. The summed E-state index contributed by atoms with van der Waals surface area (Å²) in [6.07, 6.45) is 0. The minimum absolute atomic E-state index is 0.0755. The van der Waals surface area contributed by atoms with Crippen LogP contribution in [0.5, 0.6) is 5.75 Å². The van der Waals surface area contributed by atoms with Crippen molar-refractivity contribution in [3.05, 3.63) is 54.1 Å². The zero-order valence-corrected chi connectivity index (χ0v) is 12.6. The molecule has 0 radical (unpaired) electrons. The predicted octanol–water partition coefficient (Wildman–Crippen LogP) is 3.12. The monoisotopic (exact) mass is 284 g/mol. The lowest BCUT2D eigenvalue weighted by Crippen LogP contribution is -2.30. The number of hydrogen-bond donors (Lipinski definition) is 1. The maximum Gasteiger partial charge on any atom is 0.258 e. The lowest BCUT2D eigenvalue weighted by molar-refractivity contribution is 0.0988. The third kappa shape index (κ3) is 3.34. The molecule has 2 aromatic carbocycles. The van der Waals surface area contributed by atoms with E-state index in [-0.39, 0.29) is 11.7 Å². The van der Waals surface area contributed by atoms with E-state index < -0.39 is 0 Å². The Labute approximate surface area is 125 Å². The quantitative estimate of drug-likeness (QED) is 0.938. The van der Waals surface area contributed by atoms with Gasteiger partial charge in [0, 0.05) is 43.6 Å². The minimum atomic E-state index is -0.0755. The Hall–Kier alpha value is -2.49. The molecule has 0 spiro atoms. The van der Waals surface area contributed by atoms with Crippen molar-refractivity contribution in [1.29, 1.82) is 0 Å². The first kappa shape index (κ1) is 14.9. The van der Waals surface area contributed by atoms with E-state index in [1.165, 1.54) is 0 Å². The summed E-state index contributed by atoms with van der Waals surface area (Å²) in [7, 11) is 3.92. The number of phenolic OH excluding ortho intramolecular Hbond substituents is 1. The lowest BCUT2D eigenvalue weighted by atomic mass is 10.1. The van der Waals surface area contributed by atoms with Crippen molar-refractivity contribution in [2.75, 3.05) is 30.4 Å². The maximum absolute atomic E-state index is 12.6. The molecule has 0 aliphatic heterocycles. The summed E-state index contributed by atoms with van der Waals surface area (Å²) in [4.78, 5) is 16.2. The highest BCUT2D eigenvalue weighted by Gasteiger charge is 2.16. The van der Waals surface area contributed by atoms with Gasteiger partial charge in [-0.05, 0) is 43.3 Å². The molecular weight excluding hydrogens is 264 g/mol. The van der Waals surface area contributed by atoms with Crippen LogP contribution >= 0.6 is 0 Å². The summed E-state index contributed by atoms with van der Waals surface area (Å²) in [5, 5.41) is 9.56. The first-order valence-corrected chi connectivity index (χ1v) is 6.91. The molecule has 21 heavy (non-hydrogen) atoms. The molecule has 4 heteroatoms. The Bertz CT molecular complexity index is 621. The first-order valence-electron chi connectivity index (χ1n) is 6.91. The van der Waals surface area contributed by atoms with Gasteiger partial charge < -0.3 is 14.9 Å². The predicted molar refractivity (Wildman–Crippen MR) is 86.2 cm³/mol. The summed E-state index contributed by atoms with van der Waals surface area (Å²) in [5.41, 5.74) is 2.37. The van der Waals surface area contributed by atoms with Crippen molar-refractivity contribution < 1.29 is 9.90 Å². The second-order valence-electron chi connectivity index (χ2n) is 5.01. The number of carbonyl (C=O) groups is 1. The third-order valence-corrected chi connectivity index (χ3v) is 3.33. The molecule has 0 unspecified atom stereocenters. The summed E-state index contributed by atoms with van der Waals surface area (Å²) >= 11 is 0. The zero-order chi connectivity index (χ0) is 15.4. The highest BCUT2D eigenvalue weighted by atomic mass is 16.3. The first-order chi connectivity index (χ1) is 10.0. The Kier molecular flexibility index (Phi) is 4.48. The van der Waals surface area contributed by atoms with Crippen LogP contribution in [0.25, 0.3) is 0 Å². The topological polar surface area (TPSA) is 43.8 Å². The number of phenols is 1. The van der Waals surface area contributed by atoms with E-state index in [1.54, 1.807) is 23.1 Å². The van der Waals surface area contributed by atoms with Crippen molar-refractivity contribution in [2.24, 2.45) is 0 Å². The fraction of sp³-hybridized carbons (Fsp3) is 0.235. The van der Waals surface area contributed by atoms with Crippen molar-refractivity contribution in [3.63, 3.8) is 0 Å². The second kappa shape index (κ2) is 6.31. The number of benzene rings is 2. The van der Waals surface area contributed by atoms with Crippen molar-refractivity contribution in [2.45, 2.75) is 6.92 Å². The van der Waals surface area contributed by atoms with Gasteiger partial charge in [0.1, 0.15) is 5.75 Å². The summed E-state index contributed by atoms with van der Waals surface area (Å²) in [6.45, 7) is 2.45. The fourth-order valence-corrected chi connectivity index (χ4v) is 2.16. The standard InChI is InChI=1S/C17H20N2O2/c1-4-19(15-6-5-7-16(20)12-15)17(21)13-8-10-14(11-9-13)18(2)3/h5-12,20H,4H2,1-3H3. The smallest absolute Gasteiger partial charge is 0.258 e. The van der Waals surface area contributed by atoms with Crippen LogP contribution in [0.2, 0.25) is 0 Å². The molecule has 0 fully saturated rings. The summed E-state index contributed by atoms with van der Waals surface area (Å²) in [5.74, 6) is 0.0788. The van der Waals surface area contributed by atoms with Gasteiger partial charge in [-0.2, -0.15) is 0 Å². The molecule has 1 amide bonds. The molecule has 0 atom stereocenters. The number of anilines is 2. The van der Waals surface area contributed by atoms with Gasteiger partial charge >= 0.3 is 0 Å². The molecule has 1 N–H and O–H groups in total. The zero-order valence-electron chi connectivity index (χ0n) is 12.6. The molecule has 0 aliphatic carbocycles. The Morgan fingerprint density at radius 2 is 1.71 bits per heavy atom. The molecule has 0 saturated heterocycles. The van der Waals surface area contributed by atoms with Gasteiger partial charge in [0.15, 0.2) is 0 Å². The second-order valence-corrected chi connectivity index (χ2v) is 5.01. The molecule has 0 aromatic heterocycles. The van der Waals surface area contributed by atoms with Crippen LogP contribution in [0.15, 0.2) is 48.5 Å². The van der Waals surface area contributed by atoms with Crippen LogP contribution in [0.1, 0.15) is 17.3 Å². The SMILES string of the molecule is CCN(C(=O)c1ccc(N(C)C)cc1)c1cccc(O)c1. The van der Waals surface area contributed by atoms with Gasteiger partial charge in [-0.3, -0.25) is 4.79 Å². The normalized spacial score (nSPS) is 10.2. The highest BCUT2D eigenvalue weighted by Crippen LogP contribution is 2.22. The Morgan fingerprint density at radius 3 is 2.24 bits per heavy atom. The van der Waals surface area contributed by atoms with E-state index in [9.17, 15) is 9.90 Å². The number of aromatic hydroxyl groups is 1. The third-order valence-electron chi connectivity index (χ3n) is 3.33. The number of amides is 1. The van der Waals surface area contributed by atoms with E-state index in [2.05, 4.69) is 0 Å². The summed E-state index contributed by atoms with van der Waals surface area (Å²) in [6, 6.07) is 14.2. The van der Waals surface area contributed by atoms with E-state index in [1.807, 2.05) is 56.3 Å². The average molecular weight is 284 g/mol. The van der Waals surface area contributed by atoms with Gasteiger partial charge in [-0.1, -0.05) is 6.07 Å². The van der Waals surface area contributed by atoms with Crippen molar-refractivity contribution >= 4 is 17.3 Å². The Morgan fingerprint density at radius 1 is 1.05 bits per heavy atom. The molecule has 2 aromatic rings. The minimum Gasteiger partial charge on any atom is -0.508 e. The van der Waals surface area contributed by atoms with Crippen LogP contribution in [-0.4, -0.2) is 31.7 Å². The van der Waals surface area contributed by atoms with Gasteiger partial charge in [0.25, 0.3) is 5.91 Å². The summed E-state index contributed by atoms with van der Waals surface area (Å²) < 4.78 is 0. The molecule has 0 bridgehead atoms.